The SMILES string of the molecule is CC(C)(C)c1ccc(S(=O)(=O)CCC(=O)N2CCc3ccccc32)cc1. The van der Waals surface area contributed by atoms with Crippen LogP contribution in [0.5, 0.6) is 0 Å². The van der Waals surface area contributed by atoms with Crippen LogP contribution in [0.2, 0.25) is 0 Å². The lowest BCUT2D eigenvalue weighted by atomic mass is 9.87. The Hall–Kier alpha value is -2.14. The van der Waals surface area contributed by atoms with Crippen molar-refractivity contribution in [3.05, 3.63) is 59.7 Å². The molecule has 26 heavy (non-hydrogen) atoms. The van der Waals surface area contributed by atoms with Crippen molar-refractivity contribution in [1.82, 2.24) is 0 Å². The zero-order chi connectivity index (χ0) is 18.9. The Morgan fingerprint density at radius 1 is 1.04 bits per heavy atom. The van der Waals surface area contributed by atoms with Crippen LogP contribution >= 0.6 is 0 Å². The molecule has 0 aromatic heterocycles. The molecule has 0 atom stereocenters. The number of carbonyl (C=O) groups is 1. The summed E-state index contributed by atoms with van der Waals surface area (Å²) >= 11 is 0. The minimum atomic E-state index is -3.47. The number of rotatable bonds is 4. The van der Waals surface area contributed by atoms with Gasteiger partial charge in [-0.15, -0.1) is 0 Å². The molecule has 0 N–H and O–H groups in total. The van der Waals surface area contributed by atoms with Gasteiger partial charge in [0.2, 0.25) is 5.91 Å². The Labute approximate surface area is 155 Å². The molecule has 0 unspecified atom stereocenters. The lowest BCUT2D eigenvalue weighted by molar-refractivity contribution is -0.118. The van der Waals surface area contributed by atoms with Crippen molar-refractivity contribution >= 4 is 21.4 Å². The molecule has 138 valence electrons. The van der Waals surface area contributed by atoms with Gasteiger partial charge < -0.3 is 4.90 Å². The fourth-order valence-corrected chi connectivity index (χ4v) is 4.46. The van der Waals surface area contributed by atoms with E-state index < -0.39 is 9.84 Å². The maximum Gasteiger partial charge on any atom is 0.228 e. The third-order valence-corrected chi connectivity index (χ3v) is 6.58. The van der Waals surface area contributed by atoms with Crippen molar-refractivity contribution in [2.45, 2.75) is 43.9 Å². The molecule has 1 aliphatic rings. The zero-order valence-electron chi connectivity index (χ0n) is 15.5. The van der Waals surface area contributed by atoms with Gasteiger partial charge in [-0.3, -0.25) is 4.79 Å². The van der Waals surface area contributed by atoms with Gasteiger partial charge in [0.15, 0.2) is 9.84 Å². The molecule has 0 bridgehead atoms. The summed E-state index contributed by atoms with van der Waals surface area (Å²) in [6.45, 7) is 6.88. The van der Waals surface area contributed by atoms with Crippen LogP contribution < -0.4 is 4.90 Å². The average Bonchev–Trinajstić information content (AvgIpc) is 3.03. The second kappa shape index (κ2) is 6.88. The van der Waals surface area contributed by atoms with Crippen LogP contribution in [0.25, 0.3) is 0 Å². The third kappa shape index (κ3) is 3.83. The van der Waals surface area contributed by atoms with Crippen LogP contribution in [0.3, 0.4) is 0 Å². The van der Waals surface area contributed by atoms with Gasteiger partial charge in [-0.1, -0.05) is 51.1 Å². The monoisotopic (exact) mass is 371 g/mol. The predicted octanol–water partition coefficient (Wildman–Crippen LogP) is 3.74. The Kier molecular flexibility index (Phi) is 4.93. The van der Waals surface area contributed by atoms with Crippen LogP contribution in [0.4, 0.5) is 5.69 Å². The summed E-state index contributed by atoms with van der Waals surface area (Å²) in [7, 11) is -3.47. The number of para-hydroxylation sites is 1. The van der Waals surface area contributed by atoms with Crippen molar-refractivity contribution < 1.29 is 13.2 Å². The maximum atomic E-state index is 12.6. The number of amides is 1. The van der Waals surface area contributed by atoms with Crippen LogP contribution in [0, 0.1) is 0 Å². The normalized spacial score (nSPS) is 14.3. The molecule has 3 rings (SSSR count). The average molecular weight is 372 g/mol. The van der Waals surface area contributed by atoms with Gasteiger partial charge >= 0.3 is 0 Å². The minimum absolute atomic E-state index is 0.00229. The van der Waals surface area contributed by atoms with E-state index in [-0.39, 0.29) is 28.4 Å². The molecule has 0 radical (unpaired) electrons. The molecular weight excluding hydrogens is 346 g/mol. The van der Waals surface area contributed by atoms with Gasteiger partial charge in [-0.25, -0.2) is 8.42 Å². The van der Waals surface area contributed by atoms with Crippen LogP contribution in [0.15, 0.2) is 53.4 Å². The molecule has 0 spiro atoms. The van der Waals surface area contributed by atoms with Crippen molar-refractivity contribution in [3.8, 4) is 0 Å². The van der Waals surface area contributed by atoms with Crippen LogP contribution in [-0.2, 0) is 26.5 Å². The maximum absolute atomic E-state index is 12.6. The fourth-order valence-electron chi connectivity index (χ4n) is 3.23. The Bertz CT molecular complexity index is 909. The van der Waals surface area contributed by atoms with Gasteiger partial charge in [-0.05, 0) is 41.2 Å². The first kappa shape index (κ1) is 18.6. The van der Waals surface area contributed by atoms with E-state index in [1.54, 1.807) is 17.0 Å². The summed E-state index contributed by atoms with van der Waals surface area (Å²) in [4.78, 5) is 14.5. The summed E-state index contributed by atoms with van der Waals surface area (Å²) in [6.07, 6.45) is 0.820. The Balaban J connectivity index is 1.68. The molecule has 2 aromatic rings. The van der Waals surface area contributed by atoms with E-state index in [1.807, 2.05) is 36.4 Å². The molecule has 4 nitrogen and oxygen atoms in total. The second-order valence-electron chi connectivity index (χ2n) is 7.77. The standard InChI is InChI=1S/C21H25NO3S/c1-21(2,3)17-8-10-18(11-9-17)26(24,25)15-13-20(23)22-14-12-16-6-4-5-7-19(16)22/h4-11H,12-15H2,1-3H3. The number of carbonyl (C=O) groups excluding carboxylic acids is 1. The molecule has 0 aliphatic carbocycles. The Morgan fingerprint density at radius 3 is 2.35 bits per heavy atom. The number of benzene rings is 2. The highest BCUT2D eigenvalue weighted by atomic mass is 32.2. The topological polar surface area (TPSA) is 54.5 Å². The summed E-state index contributed by atoms with van der Waals surface area (Å²) in [6, 6.07) is 14.8. The van der Waals surface area contributed by atoms with E-state index >= 15 is 0 Å². The van der Waals surface area contributed by atoms with E-state index in [0.29, 0.717) is 6.54 Å². The molecule has 5 heteroatoms. The van der Waals surface area contributed by atoms with E-state index in [9.17, 15) is 13.2 Å². The first-order valence-corrected chi connectivity index (χ1v) is 10.6. The molecule has 0 saturated heterocycles. The molecular formula is C21H25NO3S. The molecule has 0 fully saturated rings. The molecule has 1 heterocycles. The number of nitrogens with zero attached hydrogens (tertiary/aromatic N) is 1. The van der Waals surface area contributed by atoms with Crippen molar-refractivity contribution in [1.29, 1.82) is 0 Å². The van der Waals surface area contributed by atoms with Crippen LogP contribution in [-0.4, -0.2) is 26.6 Å². The van der Waals surface area contributed by atoms with E-state index in [2.05, 4.69) is 20.8 Å². The van der Waals surface area contributed by atoms with Gasteiger partial charge in [0.1, 0.15) is 0 Å². The zero-order valence-corrected chi connectivity index (χ0v) is 16.3. The van der Waals surface area contributed by atoms with Crippen molar-refractivity contribution in [2.24, 2.45) is 0 Å². The quantitative estimate of drug-likeness (QED) is 0.823. The Morgan fingerprint density at radius 2 is 1.69 bits per heavy atom. The molecule has 0 saturated carbocycles. The number of hydrogen-bond acceptors (Lipinski definition) is 3. The second-order valence-corrected chi connectivity index (χ2v) is 9.88. The lowest BCUT2D eigenvalue weighted by Gasteiger charge is -2.19. The van der Waals surface area contributed by atoms with Crippen molar-refractivity contribution in [2.75, 3.05) is 17.2 Å². The number of hydrogen-bond donors (Lipinski definition) is 0. The highest BCUT2D eigenvalue weighted by molar-refractivity contribution is 7.91. The third-order valence-electron chi connectivity index (χ3n) is 4.85. The fraction of sp³-hybridized carbons (Fsp3) is 0.381. The summed E-state index contributed by atoms with van der Waals surface area (Å²) < 4.78 is 25.2. The molecule has 2 aromatic carbocycles. The first-order chi connectivity index (χ1) is 12.2. The summed E-state index contributed by atoms with van der Waals surface area (Å²) in [5.74, 6) is -0.302. The van der Waals surface area contributed by atoms with Gasteiger partial charge in [0, 0.05) is 18.7 Å². The highest BCUT2D eigenvalue weighted by Crippen LogP contribution is 2.28. The van der Waals surface area contributed by atoms with Gasteiger partial charge in [0.25, 0.3) is 0 Å². The van der Waals surface area contributed by atoms with Crippen LogP contribution in [0.1, 0.15) is 38.3 Å². The van der Waals surface area contributed by atoms with E-state index in [1.165, 1.54) is 0 Å². The van der Waals surface area contributed by atoms with E-state index in [4.69, 9.17) is 0 Å². The summed E-state index contributed by atoms with van der Waals surface area (Å²) in [5, 5.41) is 0. The lowest BCUT2D eigenvalue weighted by Crippen LogP contribution is -2.30. The van der Waals surface area contributed by atoms with E-state index in [0.717, 1.165) is 23.2 Å². The number of sulfone groups is 1. The highest BCUT2D eigenvalue weighted by Gasteiger charge is 2.26. The molecule has 1 amide bonds. The number of fused-ring (bicyclic) bond motifs is 1. The van der Waals surface area contributed by atoms with Gasteiger partial charge in [-0.2, -0.15) is 0 Å². The summed E-state index contributed by atoms with van der Waals surface area (Å²) in [5.41, 5.74) is 3.11. The molecule has 1 aliphatic heterocycles. The van der Waals surface area contributed by atoms with Crippen molar-refractivity contribution in [3.63, 3.8) is 0 Å². The first-order valence-electron chi connectivity index (χ1n) is 8.90. The van der Waals surface area contributed by atoms with Gasteiger partial charge in [0.05, 0.1) is 10.6 Å². The predicted molar refractivity (Wildman–Crippen MR) is 104 cm³/mol. The number of anilines is 1. The smallest absolute Gasteiger partial charge is 0.228 e. The minimum Gasteiger partial charge on any atom is -0.312 e. The largest absolute Gasteiger partial charge is 0.312 e.